The summed E-state index contributed by atoms with van der Waals surface area (Å²) in [5.74, 6) is -3.66. The van der Waals surface area contributed by atoms with Gasteiger partial charge in [0.05, 0.1) is 51.8 Å². The second kappa shape index (κ2) is 21.7. The van der Waals surface area contributed by atoms with E-state index in [1.54, 1.807) is 33.0 Å². The predicted octanol–water partition coefficient (Wildman–Crippen LogP) is 4.48. The van der Waals surface area contributed by atoms with E-state index in [2.05, 4.69) is 30.6 Å². The number of aliphatic carboxylic acids is 2. The van der Waals surface area contributed by atoms with Crippen molar-refractivity contribution < 1.29 is 57.1 Å². The average Bonchev–Trinajstić information content (AvgIpc) is 4.05. The molecular formula is C42H40Cl2F2N8O10S2. The molecule has 348 valence electrons. The van der Waals surface area contributed by atoms with Crippen LogP contribution in [0.5, 0.6) is 0 Å². The van der Waals surface area contributed by atoms with Crippen molar-refractivity contribution in [3.63, 3.8) is 0 Å². The third kappa shape index (κ3) is 10.9. The Labute approximate surface area is 393 Å². The minimum Gasteiger partial charge on any atom is -0.480 e. The summed E-state index contributed by atoms with van der Waals surface area (Å²) in [6.45, 7) is 1.63. The minimum atomic E-state index is -1.03. The maximum Gasteiger partial charge on any atom is 0.338 e. The van der Waals surface area contributed by atoms with E-state index in [1.807, 2.05) is 0 Å². The second-order valence-electron chi connectivity index (χ2n) is 14.6. The molecule has 0 spiro atoms. The van der Waals surface area contributed by atoms with Crippen LogP contribution in [-0.4, -0.2) is 144 Å². The number of methoxy groups -OCH3 is 2. The molecule has 66 heavy (non-hydrogen) atoms. The zero-order valence-corrected chi connectivity index (χ0v) is 38.1. The highest BCUT2D eigenvalue weighted by atomic mass is 35.5. The van der Waals surface area contributed by atoms with E-state index in [0.29, 0.717) is 70.5 Å². The molecule has 4 N–H and O–H groups in total. The molecule has 4 aliphatic rings. The first-order valence-electron chi connectivity index (χ1n) is 19.9. The number of thiazole rings is 2. The molecule has 3 unspecified atom stereocenters. The lowest BCUT2D eigenvalue weighted by Gasteiger charge is -2.35. The number of hydrogen-bond donors (Lipinski definition) is 4. The molecule has 2 aromatic heterocycles. The Balaban J connectivity index is 0.000000196. The lowest BCUT2D eigenvalue weighted by atomic mass is 9.95. The van der Waals surface area contributed by atoms with Gasteiger partial charge in [0, 0.05) is 81.9 Å². The van der Waals surface area contributed by atoms with Gasteiger partial charge in [-0.25, -0.2) is 28.3 Å². The number of carboxylic acids is 2. The second-order valence-corrected chi connectivity index (χ2v) is 17.2. The summed E-state index contributed by atoms with van der Waals surface area (Å²) in [5, 5.41) is 30.4. The van der Waals surface area contributed by atoms with Gasteiger partial charge in [0.1, 0.15) is 35.8 Å². The summed E-state index contributed by atoms with van der Waals surface area (Å²) in [4.78, 5) is 70.6. The number of carbonyl (C=O) groups is 4. The fourth-order valence-electron chi connectivity index (χ4n) is 7.45. The van der Waals surface area contributed by atoms with E-state index >= 15 is 0 Å². The van der Waals surface area contributed by atoms with Crippen LogP contribution in [0.4, 0.5) is 8.78 Å². The number of carbonyl (C=O) groups excluding carboxylic acids is 2. The molecule has 18 nitrogen and oxygen atoms in total. The maximum absolute atomic E-state index is 13.7. The molecule has 0 aliphatic carbocycles. The number of carboxylic acid groups (broad SMARTS) is 2. The summed E-state index contributed by atoms with van der Waals surface area (Å²) in [6.07, 6.45) is 3.23. The number of rotatable bonds is 12. The molecule has 0 saturated carbocycles. The van der Waals surface area contributed by atoms with E-state index in [1.165, 1.54) is 61.2 Å². The number of aromatic nitrogens is 2. The average molecular weight is 990 g/mol. The first-order valence-corrected chi connectivity index (χ1v) is 22.4. The van der Waals surface area contributed by atoms with Crippen molar-refractivity contribution in [1.29, 1.82) is 0 Å². The normalized spacial score (nSPS) is 21.4. The number of esters is 2. The molecule has 4 aliphatic heterocycles. The topological polar surface area (TPSA) is 227 Å². The fraction of sp³-hybridized carbons (Fsp3) is 0.333. The van der Waals surface area contributed by atoms with E-state index < -0.39 is 59.7 Å². The molecule has 2 aromatic carbocycles. The fourth-order valence-corrected chi connectivity index (χ4v) is 9.17. The summed E-state index contributed by atoms with van der Waals surface area (Å²) >= 11 is 15.3. The largest absolute Gasteiger partial charge is 0.480 e. The standard InChI is InChI=1S/2C21H20ClFN4O5S/c2*1-31-21(30)16-14(9-27-5-6-32-10-15(27)20(28)29)25-18(19-24-4-7-33-19)26-17(16)12-3-2-11(23)8-13(12)22/h2*2-4,7-8,15,17H,5-6,9-10H2,1H3,(H,25,26)(H,28,29)/t15-,17?;/m0./s1. The molecule has 8 rings (SSSR count). The van der Waals surface area contributed by atoms with Crippen molar-refractivity contribution in [1.82, 2.24) is 30.4 Å². The zero-order valence-electron chi connectivity index (χ0n) is 34.9. The summed E-state index contributed by atoms with van der Waals surface area (Å²) in [7, 11) is 2.48. The first kappa shape index (κ1) is 48.2. The Morgan fingerprint density at radius 1 is 0.727 bits per heavy atom. The monoisotopic (exact) mass is 988 g/mol. The molecule has 2 saturated heterocycles. The van der Waals surface area contributed by atoms with Gasteiger partial charge in [0.2, 0.25) is 0 Å². The molecule has 0 bridgehead atoms. The van der Waals surface area contributed by atoms with Gasteiger partial charge in [-0.3, -0.25) is 29.4 Å². The summed E-state index contributed by atoms with van der Waals surface area (Å²) < 4.78 is 48.1. The van der Waals surface area contributed by atoms with E-state index in [9.17, 15) is 38.2 Å². The van der Waals surface area contributed by atoms with Crippen LogP contribution < -0.4 is 10.6 Å². The number of nitrogens with one attached hydrogen (secondary N) is 2. The van der Waals surface area contributed by atoms with Gasteiger partial charge in [-0.1, -0.05) is 35.3 Å². The van der Waals surface area contributed by atoms with Gasteiger partial charge in [-0.05, 0) is 24.3 Å². The van der Waals surface area contributed by atoms with Crippen molar-refractivity contribution in [3.05, 3.63) is 125 Å². The number of nitrogens with zero attached hydrogens (tertiary/aromatic N) is 6. The van der Waals surface area contributed by atoms with Gasteiger partial charge in [0.25, 0.3) is 0 Å². The van der Waals surface area contributed by atoms with E-state index in [-0.39, 0.29) is 47.5 Å². The van der Waals surface area contributed by atoms with Gasteiger partial charge < -0.3 is 39.8 Å². The third-order valence-electron chi connectivity index (χ3n) is 10.6. The molecule has 24 heteroatoms. The van der Waals surface area contributed by atoms with Crippen molar-refractivity contribution in [3.8, 4) is 0 Å². The molecule has 4 aromatic rings. The lowest BCUT2D eigenvalue weighted by molar-refractivity contribution is -0.150. The van der Waals surface area contributed by atoms with Gasteiger partial charge in [0.15, 0.2) is 21.7 Å². The minimum absolute atomic E-state index is 0.0246. The zero-order chi connectivity index (χ0) is 47.1. The Morgan fingerprint density at radius 3 is 1.47 bits per heavy atom. The highest BCUT2D eigenvalue weighted by Crippen LogP contribution is 2.39. The smallest absolute Gasteiger partial charge is 0.338 e. The van der Waals surface area contributed by atoms with Crippen molar-refractivity contribution >= 4 is 81.4 Å². The third-order valence-corrected chi connectivity index (χ3v) is 12.8. The van der Waals surface area contributed by atoms with Crippen LogP contribution >= 0.6 is 45.9 Å². The Hall–Kier alpha value is -5.72. The summed E-state index contributed by atoms with van der Waals surface area (Å²) in [6, 6.07) is 4.09. The predicted molar refractivity (Wildman–Crippen MR) is 238 cm³/mol. The van der Waals surface area contributed by atoms with Crippen LogP contribution in [0.1, 0.15) is 33.2 Å². The van der Waals surface area contributed by atoms with Crippen molar-refractivity contribution in [2.75, 3.05) is 66.8 Å². The molecule has 6 heterocycles. The molecule has 2 fully saturated rings. The SMILES string of the molecule is COC(=O)C1=C(CN2CCOCC2C(=O)O)NC(c2nccs2)=NC1c1ccc(F)cc1Cl.COC(=O)C1=C(CN2CCOC[C@H]2C(=O)O)NC(c2nccs2)=NC1c1ccc(F)cc1Cl. The highest BCUT2D eigenvalue weighted by Gasteiger charge is 2.39. The van der Waals surface area contributed by atoms with E-state index in [4.69, 9.17) is 42.1 Å². The Morgan fingerprint density at radius 2 is 1.14 bits per heavy atom. The number of amidine groups is 2. The van der Waals surface area contributed by atoms with Gasteiger partial charge >= 0.3 is 23.9 Å². The molecule has 0 radical (unpaired) electrons. The number of ether oxygens (including phenoxy) is 4. The quantitative estimate of drug-likeness (QED) is 0.144. The van der Waals surface area contributed by atoms with Crippen LogP contribution in [-0.2, 0) is 38.1 Å². The van der Waals surface area contributed by atoms with Crippen molar-refractivity contribution in [2.24, 2.45) is 9.98 Å². The van der Waals surface area contributed by atoms with Crippen LogP contribution in [0.2, 0.25) is 10.0 Å². The molecule has 0 amide bonds. The first-order chi connectivity index (χ1) is 31.8. The van der Waals surface area contributed by atoms with Gasteiger partial charge in [-0.15, -0.1) is 22.7 Å². The Bertz CT molecular complexity index is 2420. The number of benzene rings is 2. The van der Waals surface area contributed by atoms with Crippen LogP contribution in [0.25, 0.3) is 0 Å². The molecular weight excluding hydrogens is 950 g/mol. The molecule has 4 atom stereocenters. The van der Waals surface area contributed by atoms with Crippen molar-refractivity contribution in [2.45, 2.75) is 24.2 Å². The number of hydrogen-bond acceptors (Lipinski definition) is 18. The van der Waals surface area contributed by atoms with E-state index in [0.717, 1.165) is 12.1 Å². The number of halogens is 4. The highest BCUT2D eigenvalue weighted by molar-refractivity contribution is 7.12. The van der Waals surface area contributed by atoms with Crippen LogP contribution in [0.15, 0.2) is 92.1 Å². The number of aliphatic imine (C=N–C) groups is 2. The van der Waals surface area contributed by atoms with Gasteiger partial charge in [-0.2, -0.15) is 0 Å². The lowest BCUT2D eigenvalue weighted by Crippen LogP contribution is -2.52. The Kier molecular flexibility index (Phi) is 15.9. The van der Waals surface area contributed by atoms with Crippen LogP contribution in [0, 0.1) is 11.6 Å². The van der Waals surface area contributed by atoms with Crippen LogP contribution in [0.3, 0.4) is 0 Å². The summed E-state index contributed by atoms with van der Waals surface area (Å²) in [5.41, 5.74) is 1.93. The number of morpholine rings is 2. The maximum atomic E-state index is 13.7.